The molecule has 62 valence electrons. The first kappa shape index (κ1) is 10.7. The van der Waals surface area contributed by atoms with Crippen molar-refractivity contribution in [3.8, 4) is 0 Å². The molecule has 0 aromatic heterocycles. The predicted octanol–water partition coefficient (Wildman–Crippen LogP) is 1.67. The molecule has 0 aliphatic heterocycles. The maximum absolute atomic E-state index is 10.4. The lowest BCUT2D eigenvalue weighted by Crippen LogP contribution is -2.01. The van der Waals surface area contributed by atoms with Crippen LogP contribution in [0.1, 0.15) is 6.42 Å². The fourth-order valence-electron chi connectivity index (χ4n) is 0.405. The molecule has 0 spiro atoms. The molecule has 0 saturated heterocycles. The number of hydrogen-bond donors (Lipinski definition) is 0. The normalized spacial score (nSPS) is 8.82. The van der Waals surface area contributed by atoms with Crippen molar-refractivity contribution in [3.63, 3.8) is 0 Å². The van der Waals surface area contributed by atoms with Crippen LogP contribution in [0, 0.1) is 0 Å². The Hall–Kier alpha value is -0.330. The van der Waals surface area contributed by atoms with Crippen LogP contribution in [-0.4, -0.2) is 23.5 Å². The van der Waals surface area contributed by atoms with Gasteiger partial charge in [-0.05, 0) is 28.1 Å². The number of hydrogen-bond acceptors (Lipinski definition) is 3. The third-order valence-electron chi connectivity index (χ3n) is 0.842. The zero-order valence-electron chi connectivity index (χ0n) is 5.86. The average Bonchev–Trinajstić information content (AvgIpc) is 1.96. The third-order valence-corrected chi connectivity index (χ3v) is 1.38. The van der Waals surface area contributed by atoms with E-state index in [0.717, 1.165) is 0 Å². The lowest BCUT2D eigenvalue weighted by atomic mass is 10.5. The van der Waals surface area contributed by atoms with E-state index in [4.69, 9.17) is 10.3 Å². The van der Waals surface area contributed by atoms with Gasteiger partial charge in [0.05, 0.1) is 13.2 Å². The molecule has 5 nitrogen and oxygen atoms in total. The summed E-state index contributed by atoms with van der Waals surface area (Å²) in [5.41, 5.74) is 7.86. The van der Waals surface area contributed by atoms with Crippen molar-refractivity contribution in [1.29, 1.82) is 0 Å². The summed E-state index contributed by atoms with van der Waals surface area (Å²) in [5.74, 6) is 0. The molecule has 11 heavy (non-hydrogen) atoms. The molecule has 0 amide bonds. The first-order valence-electron chi connectivity index (χ1n) is 3.04. The Labute approximate surface area is 77.9 Å². The van der Waals surface area contributed by atoms with Crippen LogP contribution in [0.5, 0.6) is 0 Å². The van der Waals surface area contributed by atoms with Crippen LogP contribution in [0.15, 0.2) is 5.11 Å². The fourth-order valence-corrected chi connectivity index (χ4v) is 0.625. The first-order chi connectivity index (χ1) is 5.27. The minimum Gasteiger partial charge on any atom is -0.381 e. The second-order valence-electron chi connectivity index (χ2n) is 1.67. The third kappa shape index (κ3) is 9.67. The molecular formula is C5H8IN3O2. The van der Waals surface area contributed by atoms with Gasteiger partial charge in [0.25, 0.3) is 0 Å². The molecule has 0 aliphatic rings. The van der Waals surface area contributed by atoms with E-state index in [-0.39, 0.29) is 3.79 Å². The molecule has 0 rings (SSSR count). The number of carbonyl (C=O) groups excluding carboxylic acids is 1. The summed E-state index contributed by atoms with van der Waals surface area (Å²) in [6, 6.07) is 0. The summed E-state index contributed by atoms with van der Waals surface area (Å²) in [5, 5.41) is 3.26. The highest BCUT2D eigenvalue weighted by Gasteiger charge is 1.93. The van der Waals surface area contributed by atoms with E-state index in [1.165, 1.54) is 0 Å². The summed E-state index contributed by atoms with van der Waals surface area (Å²) in [6.45, 7) is 1.11. The van der Waals surface area contributed by atoms with Crippen LogP contribution in [0.25, 0.3) is 10.4 Å². The second-order valence-corrected chi connectivity index (χ2v) is 2.88. The van der Waals surface area contributed by atoms with Gasteiger partial charge in [-0.15, -0.1) is 0 Å². The van der Waals surface area contributed by atoms with Crippen molar-refractivity contribution in [2.45, 2.75) is 6.42 Å². The highest BCUT2D eigenvalue weighted by atomic mass is 127. The zero-order chi connectivity index (χ0) is 8.53. The second kappa shape index (κ2) is 7.77. The summed E-state index contributed by atoms with van der Waals surface area (Å²) in [7, 11) is 0. The van der Waals surface area contributed by atoms with Crippen LogP contribution in [0.2, 0.25) is 0 Å². The van der Waals surface area contributed by atoms with Gasteiger partial charge in [0.1, 0.15) is 0 Å². The van der Waals surface area contributed by atoms with Crippen molar-refractivity contribution in [2.75, 3.05) is 19.8 Å². The van der Waals surface area contributed by atoms with Crippen molar-refractivity contribution < 1.29 is 9.53 Å². The number of halogens is 1. The summed E-state index contributed by atoms with van der Waals surface area (Å²) in [4.78, 5) is 12.9. The van der Waals surface area contributed by atoms with Gasteiger partial charge in [-0.2, -0.15) is 0 Å². The lowest BCUT2D eigenvalue weighted by Gasteiger charge is -1.96. The summed E-state index contributed by atoms with van der Waals surface area (Å²) in [6.07, 6.45) is 0.414. The van der Waals surface area contributed by atoms with E-state index in [1.807, 2.05) is 0 Å². The Morgan fingerprint density at radius 3 is 2.91 bits per heavy atom. The van der Waals surface area contributed by atoms with Crippen molar-refractivity contribution in [1.82, 2.24) is 0 Å². The van der Waals surface area contributed by atoms with Crippen molar-refractivity contribution in [2.24, 2.45) is 5.11 Å². The molecule has 0 N–H and O–H groups in total. The molecule has 0 aromatic rings. The molecule has 0 heterocycles. The average molecular weight is 269 g/mol. The van der Waals surface area contributed by atoms with Gasteiger partial charge in [0.15, 0.2) is 3.79 Å². The molecule has 6 heteroatoms. The number of carbonyl (C=O) groups is 1. The standard InChI is InChI=1S/C5H8IN3O2/c6-5(10)1-3-11-4-2-8-9-7/h1-4H2. The topological polar surface area (TPSA) is 75.1 Å². The molecular weight excluding hydrogens is 261 g/mol. The van der Waals surface area contributed by atoms with Gasteiger partial charge < -0.3 is 4.74 Å². The van der Waals surface area contributed by atoms with Crippen LogP contribution in [-0.2, 0) is 9.53 Å². The Morgan fingerprint density at radius 1 is 1.64 bits per heavy atom. The van der Waals surface area contributed by atoms with Crippen molar-refractivity contribution in [3.05, 3.63) is 10.4 Å². The monoisotopic (exact) mass is 269 g/mol. The molecule has 0 saturated carbocycles. The van der Waals surface area contributed by atoms with Gasteiger partial charge in [-0.25, -0.2) is 0 Å². The van der Waals surface area contributed by atoms with E-state index in [2.05, 4.69) is 10.0 Å². The Balaban J connectivity index is 3.02. The SMILES string of the molecule is [N-]=[N+]=NCCOCCC(=O)I. The largest absolute Gasteiger partial charge is 0.381 e. The Kier molecular flexibility index (Phi) is 7.54. The minimum absolute atomic E-state index is 0.0754. The smallest absolute Gasteiger partial charge is 0.194 e. The summed E-state index contributed by atoms with van der Waals surface area (Å²) >= 11 is 1.71. The lowest BCUT2D eigenvalue weighted by molar-refractivity contribution is -0.110. The van der Waals surface area contributed by atoms with E-state index in [0.29, 0.717) is 26.2 Å². The highest BCUT2D eigenvalue weighted by molar-refractivity contribution is 14.1. The maximum atomic E-state index is 10.4. The number of rotatable bonds is 6. The van der Waals surface area contributed by atoms with Crippen LogP contribution >= 0.6 is 22.6 Å². The van der Waals surface area contributed by atoms with E-state index >= 15 is 0 Å². The Bertz CT molecular complexity index is 163. The predicted molar refractivity (Wildman–Crippen MR) is 48.5 cm³/mol. The fraction of sp³-hybridized carbons (Fsp3) is 0.800. The Morgan fingerprint density at radius 2 is 2.36 bits per heavy atom. The quantitative estimate of drug-likeness (QED) is 0.184. The van der Waals surface area contributed by atoms with Gasteiger partial charge in [-0.3, -0.25) is 4.79 Å². The molecule has 0 aliphatic carbocycles. The van der Waals surface area contributed by atoms with Crippen LogP contribution in [0.4, 0.5) is 0 Å². The highest BCUT2D eigenvalue weighted by Crippen LogP contribution is 1.92. The first-order valence-corrected chi connectivity index (χ1v) is 4.12. The molecule has 0 fully saturated rings. The zero-order valence-corrected chi connectivity index (χ0v) is 8.02. The van der Waals surface area contributed by atoms with Gasteiger partial charge in [-0.1, -0.05) is 5.11 Å². The number of azide groups is 1. The minimum atomic E-state index is 0.0754. The van der Waals surface area contributed by atoms with Gasteiger partial charge in [0, 0.05) is 17.9 Å². The van der Waals surface area contributed by atoms with Gasteiger partial charge in [0.2, 0.25) is 0 Å². The molecule has 0 radical (unpaired) electrons. The number of ether oxygens (including phenoxy) is 1. The number of nitrogens with zero attached hydrogens (tertiary/aromatic N) is 3. The molecule has 0 unspecified atom stereocenters. The van der Waals surface area contributed by atoms with Gasteiger partial charge >= 0.3 is 0 Å². The molecule has 0 atom stereocenters. The van der Waals surface area contributed by atoms with Crippen LogP contribution in [0.3, 0.4) is 0 Å². The van der Waals surface area contributed by atoms with E-state index in [1.54, 1.807) is 22.6 Å². The molecule has 0 bridgehead atoms. The van der Waals surface area contributed by atoms with Crippen molar-refractivity contribution >= 4 is 26.4 Å². The maximum Gasteiger partial charge on any atom is 0.194 e. The van der Waals surface area contributed by atoms with Crippen LogP contribution < -0.4 is 0 Å². The molecule has 0 aromatic carbocycles. The summed E-state index contributed by atoms with van der Waals surface area (Å²) < 4.78 is 5.03. The van der Waals surface area contributed by atoms with E-state index < -0.39 is 0 Å². The van der Waals surface area contributed by atoms with E-state index in [9.17, 15) is 4.79 Å².